The lowest BCUT2D eigenvalue weighted by molar-refractivity contribution is -0.126. The average Bonchev–Trinajstić information content (AvgIpc) is 3.16. The monoisotopic (exact) mass is 396 g/mol. The lowest BCUT2D eigenvalue weighted by Crippen LogP contribution is -2.43. The Balaban J connectivity index is 1.36. The molecule has 0 atom stereocenters. The number of hydrogen-bond donors (Lipinski definition) is 1. The van der Waals surface area contributed by atoms with Gasteiger partial charge in [-0.15, -0.1) is 0 Å². The van der Waals surface area contributed by atoms with E-state index in [0.29, 0.717) is 48.6 Å². The van der Waals surface area contributed by atoms with E-state index >= 15 is 0 Å². The molecule has 0 unspecified atom stereocenters. The van der Waals surface area contributed by atoms with E-state index in [1.807, 2.05) is 0 Å². The van der Waals surface area contributed by atoms with Crippen molar-refractivity contribution in [3.63, 3.8) is 0 Å². The molecule has 3 heterocycles. The van der Waals surface area contributed by atoms with E-state index in [0.717, 1.165) is 0 Å². The predicted octanol–water partition coefficient (Wildman–Crippen LogP) is 1.65. The highest BCUT2D eigenvalue weighted by molar-refractivity contribution is 5.93. The Morgan fingerprint density at radius 3 is 2.72 bits per heavy atom. The molecule has 150 valence electrons. The van der Waals surface area contributed by atoms with Gasteiger partial charge in [0, 0.05) is 25.1 Å². The Morgan fingerprint density at radius 1 is 1.24 bits per heavy atom. The van der Waals surface area contributed by atoms with Crippen molar-refractivity contribution in [3.05, 3.63) is 58.0 Å². The minimum absolute atomic E-state index is 0.0170. The SMILES string of the molecule is Cc1noc(CNC(=O)C2CCN(C(=O)c3cc(=O)c4ccccc4o3)CC2)n1. The second-order valence-electron chi connectivity index (χ2n) is 6.99. The van der Waals surface area contributed by atoms with Crippen LogP contribution in [0.3, 0.4) is 0 Å². The van der Waals surface area contributed by atoms with E-state index in [4.69, 9.17) is 8.94 Å². The number of fused-ring (bicyclic) bond motifs is 1. The first kappa shape index (κ1) is 18.9. The summed E-state index contributed by atoms with van der Waals surface area (Å²) in [6.45, 7) is 2.71. The number of para-hydroxylation sites is 1. The quantitative estimate of drug-likeness (QED) is 0.712. The molecule has 2 amide bonds. The van der Waals surface area contributed by atoms with Gasteiger partial charge in [0.1, 0.15) is 5.58 Å². The maximum absolute atomic E-state index is 12.8. The van der Waals surface area contributed by atoms with E-state index in [2.05, 4.69) is 15.5 Å². The van der Waals surface area contributed by atoms with Gasteiger partial charge in [0.15, 0.2) is 17.0 Å². The Bertz CT molecular complexity index is 1110. The molecular formula is C20H20N4O5. The molecule has 0 saturated carbocycles. The third-order valence-corrected chi connectivity index (χ3v) is 4.98. The van der Waals surface area contributed by atoms with E-state index in [1.165, 1.54) is 6.07 Å². The van der Waals surface area contributed by atoms with Gasteiger partial charge in [0.2, 0.25) is 11.8 Å². The van der Waals surface area contributed by atoms with Crippen LogP contribution in [0.1, 0.15) is 35.1 Å². The molecule has 1 fully saturated rings. The second-order valence-corrected chi connectivity index (χ2v) is 6.99. The first-order chi connectivity index (χ1) is 14.0. The normalized spacial score (nSPS) is 14.9. The number of carbonyl (C=O) groups is 2. The molecule has 1 aliphatic heterocycles. The number of aromatic nitrogens is 2. The number of rotatable bonds is 4. The molecule has 2 aromatic heterocycles. The molecule has 29 heavy (non-hydrogen) atoms. The van der Waals surface area contributed by atoms with Gasteiger partial charge in [-0.2, -0.15) is 4.98 Å². The van der Waals surface area contributed by atoms with Crippen LogP contribution < -0.4 is 10.7 Å². The number of benzene rings is 1. The first-order valence-electron chi connectivity index (χ1n) is 9.40. The van der Waals surface area contributed by atoms with Gasteiger partial charge in [0.05, 0.1) is 11.9 Å². The highest BCUT2D eigenvalue weighted by Crippen LogP contribution is 2.20. The number of aryl methyl sites for hydroxylation is 1. The topological polar surface area (TPSA) is 119 Å². The summed E-state index contributed by atoms with van der Waals surface area (Å²) in [5, 5.41) is 6.91. The molecule has 9 heteroatoms. The van der Waals surface area contributed by atoms with Crippen LogP contribution in [0.5, 0.6) is 0 Å². The molecule has 0 bridgehead atoms. The van der Waals surface area contributed by atoms with Crippen molar-refractivity contribution in [3.8, 4) is 0 Å². The van der Waals surface area contributed by atoms with Gasteiger partial charge < -0.3 is 19.2 Å². The molecule has 9 nitrogen and oxygen atoms in total. The average molecular weight is 396 g/mol. The summed E-state index contributed by atoms with van der Waals surface area (Å²) >= 11 is 0. The fourth-order valence-electron chi connectivity index (χ4n) is 3.43. The van der Waals surface area contributed by atoms with Crippen LogP contribution >= 0.6 is 0 Å². The van der Waals surface area contributed by atoms with E-state index in [1.54, 1.807) is 36.1 Å². The Morgan fingerprint density at radius 2 is 2.00 bits per heavy atom. The number of amides is 2. The molecule has 0 aliphatic carbocycles. The third-order valence-electron chi connectivity index (χ3n) is 4.98. The predicted molar refractivity (Wildman–Crippen MR) is 102 cm³/mol. The Hall–Kier alpha value is -3.49. The number of nitrogens with zero attached hydrogens (tertiary/aromatic N) is 3. The van der Waals surface area contributed by atoms with Crippen LogP contribution in [-0.4, -0.2) is 39.9 Å². The summed E-state index contributed by atoms with van der Waals surface area (Å²) < 4.78 is 10.6. The first-order valence-corrected chi connectivity index (χ1v) is 9.40. The molecule has 1 saturated heterocycles. The minimum atomic E-state index is -0.340. The van der Waals surface area contributed by atoms with E-state index in [9.17, 15) is 14.4 Å². The summed E-state index contributed by atoms with van der Waals surface area (Å²) in [5.74, 6) is 0.240. The molecule has 1 aromatic carbocycles. The van der Waals surface area contributed by atoms with Crippen molar-refractivity contribution < 1.29 is 18.5 Å². The summed E-state index contributed by atoms with van der Waals surface area (Å²) in [6.07, 6.45) is 1.05. The summed E-state index contributed by atoms with van der Waals surface area (Å²) in [6, 6.07) is 8.05. The zero-order valence-electron chi connectivity index (χ0n) is 15.9. The molecule has 4 rings (SSSR count). The lowest BCUT2D eigenvalue weighted by Gasteiger charge is -2.30. The van der Waals surface area contributed by atoms with Crippen molar-refractivity contribution in [1.29, 1.82) is 0 Å². The van der Waals surface area contributed by atoms with Crippen molar-refractivity contribution in [2.45, 2.75) is 26.3 Å². The van der Waals surface area contributed by atoms with Gasteiger partial charge >= 0.3 is 0 Å². The summed E-state index contributed by atoms with van der Waals surface area (Å²) in [7, 11) is 0. The Kier molecular flexibility index (Phi) is 5.11. The minimum Gasteiger partial charge on any atom is -0.451 e. The molecule has 1 N–H and O–H groups in total. The van der Waals surface area contributed by atoms with E-state index in [-0.39, 0.29) is 35.5 Å². The highest BCUT2D eigenvalue weighted by atomic mass is 16.5. The summed E-state index contributed by atoms with van der Waals surface area (Å²) in [4.78, 5) is 43.0. The van der Waals surface area contributed by atoms with Gasteiger partial charge in [-0.25, -0.2) is 0 Å². The fraction of sp³-hybridized carbons (Fsp3) is 0.350. The van der Waals surface area contributed by atoms with E-state index < -0.39 is 0 Å². The van der Waals surface area contributed by atoms with Crippen LogP contribution in [0.15, 0.2) is 44.1 Å². The maximum Gasteiger partial charge on any atom is 0.289 e. The van der Waals surface area contributed by atoms with Gasteiger partial charge in [-0.3, -0.25) is 14.4 Å². The number of piperidine rings is 1. The van der Waals surface area contributed by atoms with Crippen molar-refractivity contribution >= 4 is 22.8 Å². The van der Waals surface area contributed by atoms with Gasteiger partial charge in [0.25, 0.3) is 5.91 Å². The number of hydrogen-bond acceptors (Lipinski definition) is 7. The van der Waals surface area contributed by atoms with Crippen molar-refractivity contribution in [2.24, 2.45) is 5.92 Å². The molecule has 0 radical (unpaired) electrons. The lowest BCUT2D eigenvalue weighted by atomic mass is 9.95. The molecule has 0 spiro atoms. The number of carbonyl (C=O) groups excluding carboxylic acids is 2. The fourth-order valence-corrected chi connectivity index (χ4v) is 3.43. The zero-order valence-corrected chi connectivity index (χ0v) is 15.9. The summed E-state index contributed by atoms with van der Waals surface area (Å²) in [5.41, 5.74) is 0.134. The van der Waals surface area contributed by atoms with Gasteiger partial charge in [-0.1, -0.05) is 17.3 Å². The third kappa shape index (κ3) is 4.03. The van der Waals surface area contributed by atoms with Crippen LogP contribution in [0.4, 0.5) is 0 Å². The largest absolute Gasteiger partial charge is 0.451 e. The Labute approximate surface area is 165 Å². The number of nitrogens with one attached hydrogen (secondary N) is 1. The standard InChI is InChI=1S/C20H20N4O5/c1-12-22-18(29-23-12)11-21-19(26)13-6-8-24(9-7-13)20(27)17-10-15(25)14-4-2-3-5-16(14)28-17/h2-5,10,13H,6-9,11H2,1H3,(H,21,26). The molecule has 1 aliphatic rings. The molecule has 3 aromatic rings. The van der Waals surface area contributed by atoms with Crippen LogP contribution in [0.2, 0.25) is 0 Å². The van der Waals surface area contributed by atoms with Crippen LogP contribution in [0, 0.1) is 12.8 Å². The smallest absolute Gasteiger partial charge is 0.289 e. The van der Waals surface area contributed by atoms with Gasteiger partial charge in [-0.05, 0) is 31.9 Å². The van der Waals surface area contributed by atoms with Crippen LogP contribution in [0.25, 0.3) is 11.0 Å². The van der Waals surface area contributed by atoms with Crippen molar-refractivity contribution in [2.75, 3.05) is 13.1 Å². The molecular weight excluding hydrogens is 376 g/mol. The van der Waals surface area contributed by atoms with Crippen molar-refractivity contribution in [1.82, 2.24) is 20.4 Å². The second kappa shape index (κ2) is 7.86. The highest BCUT2D eigenvalue weighted by Gasteiger charge is 2.29. The number of likely N-dealkylation sites (tertiary alicyclic amines) is 1. The maximum atomic E-state index is 12.8. The zero-order chi connectivity index (χ0) is 20.4. The van der Waals surface area contributed by atoms with Crippen LogP contribution in [-0.2, 0) is 11.3 Å².